The second-order valence-electron chi connectivity index (χ2n) is 7.03. The van der Waals surface area contributed by atoms with E-state index in [1.165, 1.54) is 6.42 Å². The summed E-state index contributed by atoms with van der Waals surface area (Å²) >= 11 is 12.1. The largest absolute Gasteiger partial charge is 0.479 e. The highest BCUT2D eigenvalue weighted by molar-refractivity contribution is 6.42. The van der Waals surface area contributed by atoms with Crippen LogP contribution in [0.5, 0.6) is 5.75 Å². The van der Waals surface area contributed by atoms with Gasteiger partial charge < -0.3 is 15.8 Å². The number of rotatable bonds is 4. The number of nitrogens with two attached hydrogens (primary N) is 1. The number of halogens is 2. The average Bonchev–Trinajstić information content (AvgIpc) is 2.52. The van der Waals surface area contributed by atoms with Gasteiger partial charge >= 0.3 is 0 Å². The quantitative estimate of drug-likeness (QED) is 0.847. The molecule has 2 saturated carbocycles. The van der Waals surface area contributed by atoms with Gasteiger partial charge in [-0.1, -0.05) is 35.7 Å². The zero-order valence-electron chi connectivity index (χ0n) is 13.8. The number of fused-ring (bicyclic) bond motifs is 2. The van der Waals surface area contributed by atoms with Gasteiger partial charge in [-0.3, -0.25) is 4.79 Å². The first-order chi connectivity index (χ1) is 11.5. The normalized spacial score (nSPS) is 30.5. The smallest absolute Gasteiger partial charge is 0.261 e. The molecule has 1 aromatic carbocycles. The molecular weight excluding hydrogens is 347 g/mol. The van der Waals surface area contributed by atoms with E-state index in [1.807, 2.05) is 0 Å². The number of carbonyl (C=O) groups is 1. The molecule has 2 bridgehead atoms. The SMILES string of the molecule is CC(Oc1cccc(Cl)c1Cl)C(=O)NC1C2CCCC1CC(N)C2. The number of benzene rings is 1. The molecule has 0 spiro atoms. The van der Waals surface area contributed by atoms with Gasteiger partial charge in [0.05, 0.1) is 5.02 Å². The van der Waals surface area contributed by atoms with Crippen molar-refractivity contribution in [3.63, 3.8) is 0 Å². The highest BCUT2D eigenvalue weighted by atomic mass is 35.5. The van der Waals surface area contributed by atoms with Crippen molar-refractivity contribution in [1.29, 1.82) is 0 Å². The van der Waals surface area contributed by atoms with E-state index in [2.05, 4.69) is 5.32 Å². The summed E-state index contributed by atoms with van der Waals surface area (Å²) in [4.78, 5) is 12.6. The molecule has 4 nitrogen and oxygen atoms in total. The molecule has 3 N–H and O–H groups in total. The molecule has 0 radical (unpaired) electrons. The third kappa shape index (κ3) is 3.81. The van der Waals surface area contributed by atoms with Crippen molar-refractivity contribution in [2.45, 2.75) is 57.2 Å². The summed E-state index contributed by atoms with van der Waals surface area (Å²) in [7, 11) is 0. The number of amides is 1. The van der Waals surface area contributed by atoms with E-state index in [4.69, 9.17) is 33.7 Å². The molecule has 3 unspecified atom stereocenters. The Balaban J connectivity index is 1.63. The fraction of sp³-hybridized carbons (Fsp3) is 0.611. The summed E-state index contributed by atoms with van der Waals surface area (Å²) in [5.74, 6) is 1.29. The van der Waals surface area contributed by atoms with Crippen LogP contribution in [0, 0.1) is 11.8 Å². The van der Waals surface area contributed by atoms with Crippen LogP contribution < -0.4 is 15.8 Å². The third-order valence-electron chi connectivity index (χ3n) is 5.27. The topological polar surface area (TPSA) is 64.3 Å². The Hall–Kier alpha value is -0.970. The van der Waals surface area contributed by atoms with Crippen LogP contribution in [-0.4, -0.2) is 24.1 Å². The first-order valence-electron chi connectivity index (χ1n) is 8.62. The van der Waals surface area contributed by atoms with Crippen molar-refractivity contribution in [3.05, 3.63) is 28.2 Å². The molecule has 6 heteroatoms. The molecule has 0 heterocycles. The molecular formula is C18H24Cl2N2O2. The fourth-order valence-corrected chi connectivity index (χ4v) is 4.46. The van der Waals surface area contributed by atoms with E-state index >= 15 is 0 Å². The van der Waals surface area contributed by atoms with Gasteiger partial charge in [0.15, 0.2) is 6.10 Å². The number of ether oxygens (including phenoxy) is 1. The van der Waals surface area contributed by atoms with E-state index in [0.29, 0.717) is 27.6 Å². The minimum atomic E-state index is -0.628. The molecule has 24 heavy (non-hydrogen) atoms. The molecule has 0 aliphatic heterocycles. The molecule has 3 atom stereocenters. The van der Waals surface area contributed by atoms with E-state index in [-0.39, 0.29) is 18.0 Å². The lowest BCUT2D eigenvalue weighted by atomic mass is 9.67. The highest BCUT2D eigenvalue weighted by Gasteiger charge is 2.40. The van der Waals surface area contributed by atoms with Crippen molar-refractivity contribution in [2.75, 3.05) is 0 Å². The second kappa shape index (κ2) is 7.51. The lowest BCUT2D eigenvalue weighted by Gasteiger charge is -2.45. The van der Waals surface area contributed by atoms with Crippen molar-refractivity contribution in [1.82, 2.24) is 5.32 Å². The standard InChI is InChI=1S/C18H24Cl2N2O2/c1-10(24-15-7-3-6-14(19)16(15)20)18(23)22-17-11-4-2-5-12(17)9-13(21)8-11/h3,6-7,10-13,17H,2,4-5,8-9,21H2,1H3,(H,22,23). The van der Waals surface area contributed by atoms with Gasteiger partial charge in [0.25, 0.3) is 5.91 Å². The van der Waals surface area contributed by atoms with Gasteiger partial charge in [-0.15, -0.1) is 0 Å². The van der Waals surface area contributed by atoms with Gasteiger partial charge in [0, 0.05) is 12.1 Å². The monoisotopic (exact) mass is 370 g/mol. The molecule has 3 rings (SSSR count). The molecule has 1 aromatic rings. The van der Waals surface area contributed by atoms with Gasteiger partial charge in [0.1, 0.15) is 10.8 Å². The molecule has 132 valence electrons. The minimum Gasteiger partial charge on any atom is -0.479 e. The average molecular weight is 371 g/mol. The maximum atomic E-state index is 12.6. The van der Waals surface area contributed by atoms with Gasteiger partial charge in [0.2, 0.25) is 0 Å². The number of hydrogen-bond acceptors (Lipinski definition) is 3. The predicted octanol–water partition coefficient (Wildman–Crippen LogP) is 3.78. The summed E-state index contributed by atoms with van der Waals surface area (Å²) in [6.45, 7) is 1.73. The number of nitrogens with one attached hydrogen (secondary N) is 1. The Bertz CT molecular complexity index is 597. The highest BCUT2D eigenvalue weighted by Crippen LogP contribution is 2.39. The lowest BCUT2D eigenvalue weighted by Crippen LogP contribution is -2.55. The first-order valence-corrected chi connectivity index (χ1v) is 9.38. The van der Waals surface area contributed by atoms with E-state index < -0.39 is 6.10 Å². The van der Waals surface area contributed by atoms with Crippen LogP contribution in [0.3, 0.4) is 0 Å². The number of hydrogen-bond donors (Lipinski definition) is 2. The van der Waals surface area contributed by atoms with Gasteiger partial charge in [-0.05, 0) is 56.6 Å². The predicted molar refractivity (Wildman–Crippen MR) is 96.5 cm³/mol. The summed E-state index contributed by atoms with van der Waals surface area (Å²) < 4.78 is 5.72. The number of carbonyl (C=O) groups excluding carboxylic acids is 1. The Labute approximate surface area is 153 Å². The maximum absolute atomic E-state index is 12.6. The van der Waals surface area contributed by atoms with Crippen molar-refractivity contribution in [3.8, 4) is 5.75 Å². The van der Waals surface area contributed by atoms with Crippen LogP contribution in [0.1, 0.15) is 39.0 Å². The van der Waals surface area contributed by atoms with E-state index in [1.54, 1.807) is 25.1 Å². The zero-order valence-corrected chi connectivity index (χ0v) is 15.3. The molecule has 2 fully saturated rings. The summed E-state index contributed by atoms with van der Waals surface area (Å²) in [5.41, 5.74) is 6.15. The zero-order chi connectivity index (χ0) is 17.3. The minimum absolute atomic E-state index is 0.108. The molecule has 0 aromatic heterocycles. The molecule has 0 saturated heterocycles. The Morgan fingerprint density at radius 2 is 1.96 bits per heavy atom. The van der Waals surface area contributed by atoms with Crippen LogP contribution in [0.25, 0.3) is 0 Å². The Morgan fingerprint density at radius 1 is 1.29 bits per heavy atom. The van der Waals surface area contributed by atoms with Crippen molar-refractivity contribution >= 4 is 29.1 Å². The third-order valence-corrected chi connectivity index (χ3v) is 6.08. The summed E-state index contributed by atoms with van der Waals surface area (Å²) in [6.07, 6.45) is 4.89. The lowest BCUT2D eigenvalue weighted by molar-refractivity contribution is -0.129. The first kappa shape index (κ1) is 17.8. The maximum Gasteiger partial charge on any atom is 0.261 e. The summed E-state index contributed by atoms with van der Waals surface area (Å²) in [5, 5.41) is 3.95. The van der Waals surface area contributed by atoms with E-state index in [0.717, 1.165) is 25.7 Å². The second-order valence-corrected chi connectivity index (χ2v) is 7.81. The van der Waals surface area contributed by atoms with Crippen molar-refractivity contribution < 1.29 is 9.53 Å². The van der Waals surface area contributed by atoms with Crippen LogP contribution in [-0.2, 0) is 4.79 Å². The van der Waals surface area contributed by atoms with Crippen molar-refractivity contribution in [2.24, 2.45) is 17.6 Å². The van der Waals surface area contributed by atoms with Gasteiger partial charge in [-0.25, -0.2) is 0 Å². The van der Waals surface area contributed by atoms with Crippen LogP contribution >= 0.6 is 23.2 Å². The summed E-state index contributed by atoms with van der Waals surface area (Å²) in [6, 6.07) is 5.64. The van der Waals surface area contributed by atoms with Crippen LogP contribution in [0.15, 0.2) is 18.2 Å². The Kier molecular flexibility index (Phi) is 5.58. The molecule has 2 aliphatic carbocycles. The molecule has 1 amide bonds. The Morgan fingerprint density at radius 3 is 2.62 bits per heavy atom. The van der Waals surface area contributed by atoms with Crippen LogP contribution in [0.4, 0.5) is 0 Å². The van der Waals surface area contributed by atoms with E-state index in [9.17, 15) is 4.79 Å². The van der Waals surface area contributed by atoms with Crippen LogP contribution in [0.2, 0.25) is 10.0 Å². The van der Waals surface area contributed by atoms with Gasteiger partial charge in [-0.2, -0.15) is 0 Å². The fourth-order valence-electron chi connectivity index (χ4n) is 4.13. The molecule has 2 aliphatic rings.